The highest BCUT2D eigenvalue weighted by atomic mass is 16.6. The Morgan fingerprint density at radius 2 is 1.59 bits per heavy atom. The number of carbonyl (C=O) groups is 2. The van der Waals surface area contributed by atoms with Crippen molar-refractivity contribution in [1.82, 2.24) is 10.2 Å². The zero-order valence-electron chi connectivity index (χ0n) is 15.0. The van der Waals surface area contributed by atoms with Gasteiger partial charge in [-0.3, -0.25) is 0 Å². The van der Waals surface area contributed by atoms with Crippen molar-refractivity contribution in [2.24, 2.45) is 0 Å². The quantitative estimate of drug-likeness (QED) is 0.791. The molecule has 2 amide bonds. The van der Waals surface area contributed by atoms with E-state index in [0.29, 0.717) is 6.54 Å². The maximum Gasteiger partial charge on any atom is 0.410 e. The van der Waals surface area contributed by atoms with E-state index in [2.05, 4.69) is 5.32 Å². The minimum Gasteiger partial charge on any atom is -0.444 e. The van der Waals surface area contributed by atoms with Crippen molar-refractivity contribution in [1.29, 1.82) is 0 Å². The van der Waals surface area contributed by atoms with Crippen LogP contribution in [-0.4, -0.2) is 61.6 Å². The van der Waals surface area contributed by atoms with Crippen LogP contribution in [-0.2, 0) is 14.2 Å². The minimum atomic E-state index is -0.421. The fourth-order valence-electron chi connectivity index (χ4n) is 1.22. The van der Waals surface area contributed by atoms with Gasteiger partial charge in [0.2, 0.25) is 0 Å². The average Bonchev–Trinajstić information content (AvgIpc) is 3.09. The molecule has 0 aromatic heterocycles. The van der Waals surface area contributed by atoms with Gasteiger partial charge in [0.25, 0.3) is 0 Å². The SMILES string of the molecule is CN(C[C@H]1CO1)C(=O)OC(C)(C)C.CNC(=O)OC(C)(C)C. The molecule has 0 saturated carbocycles. The molecule has 1 N–H and O–H groups in total. The molecule has 0 spiro atoms. The third-order valence-corrected chi connectivity index (χ3v) is 2.19. The van der Waals surface area contributed by atoms with Crippen molar-refractivity contribution in [3.63, 3.8) is 0 Å². The summed E-state index contributed by atoms with van der Waals surface area (Å²) < 4.78 is 15.0. The number of likely N-dealkylation sites (N-methyl/N-ethyl adjacent to an activating group) is 1. The first kappa shape index (κ1) is 20.5. The summed E-state index contributed by atoms with van der Waals surface area (Å²) in [7, 11) is 3.25. The molecular formula is C15H30N2O5. The van der Waals surface area contributed by atoms with Gasteiger partial charge < -0.3 is 24.4 Å². The molecule has 1 aliphatic rings. The Morgan fingerprint density at radius 1 is 1.14 bits per heavy atom. The summed E-state index contributed by atoms with van der Waals surface area (Å²) in [6.45, 7) is 12.4. The van der Waals surface area contributed by atoms with Gasteiger partial charge in [-0.25, -0.2) is 9.59 Å². The van der Waals surface area contributed by atoms with E-state index in [1.54, 1.807) is 11.9 Å². The lowest BCUT2D eigenvalue weighted by atomic mass is 10.2. The van der Waals surface area contributed by atoms with Crippen LogP contribution >= 0.6 is 0 Å². The molecule has 1 fully saturated rings. The zero-order valence-corrected chi connectivity index (χ0v) is 15.0. The van der Waals surface area contributed by atoms with E-state index >= 15 is 0 Å². The van der Waals surface area contributed by atoms with Crippen molar-refractivity contribution in [2.45, 2.75) is 58.8 Å². The Morgan fingerprint density at radius 3 is 1.86 bits per heavy atom. The molecule has 0 aromatic carbocycles. The predicted molar refractivity (Wildman–Crippen MR) is 83.9 cm³/mol. The number of hydrogen-bond donors (Lipinski definition) is 1. The summed E-state index contributed by atoms with van der Waals surface area (Å²) in [6.07, 6.45) is -0.456. The number of hydrogen-bond acceptors (Lipinski definition) is 5. The number of ether oxygens (including phenoxy) is 3. The molecule has 0 unspecified atom stereocenters. The van der Waals surface area contributed by atoms with Gasteiger partial charge in [0.15, 0.2) is 0 Å². The van der Waals surface area contributed by atoms with Crippen LogP contribution in [0.1, 0.15) is 41.5 Å². The van der Waals surface area contributed by atoms with E-state index in [1.165, 1.54) is 7.05 Å². The van der Waals surface area contributed by atoms with Crippen LogP contribution in [0.4, 0.5) is 9.59 Å². The van der Waals surface area contributed by atoms with E-state index in [0.717, 1.165) is 6.61 Å². The first-order valence-corrected chi connectivity index (χ1v) is 7.30. The van der Waals surface area contributed by atoms with E-state index in [9.17, 15) is 9.59 Å². The normalized spacial score (nSPS) is 16.8. The van der Waals surface area contributed by atoms with Crippen LogP contribution < -0.4 is 5.32 Å². The minimum absolute atomic E-state index is 0.220. The Kier molecular flexibility index (Phi) is 7.66. The monoisotopic (exact) mass is 318 g/mol. The maximum absolute atomic E-state index is 11.4. The summed E-state index contributed by atoms with van der Waals surface area (Å²) in [6, 6.07) is 0. The Balaban J connectivity index is 0.000000433. The van der Waals surface area contributed by atoms with Crippen molar-refractivity contribution in [3.8, 4) is 0 Å². The Labute approximate surface area is 133 Å². The largest absolute Gasteiger partial charge is 0.444 e. The molecule has 130 valence electrons. The molecule has 0 radical (unpaired) electrons. The fourth-order valence-corrected chi connectivity index (χ4v) is 1.22. The lowest BCUT2D eigenvalue weighted by Crippen LogP contribution is -2.36. The lowest BCUT2D eigenvalue weighted by molar-refractivity contribution is 0.0287. The van der Waals surface area contributed by atoms with Gasteiger partial charge in [0.05, 0.1) is 19.3 Å². The van der Waals surface area contributed by atoms with Crippen molar-refractivity contribution in [3.05, 3.63) is 0 Å². The van der Waals surface area contributed by atoms with Gasteiger partial charge in [0, 0.05) is 14.1 Å². The third kappa shape index (κ3) is 12.3. The third-order valence-electron chi connectivity index (χ3n) is 2.19. The van der Waals surface area contributed by atoms with E-state index in [4.69, 9.17) is 14.2 Å². The molecule has 0 aromatic rings. The summed E-state index contributed by atoms with van der Waals surface area (Å²) in [5, 5.41) is 2.36. The van der Waals surface area contributed by atoms with Gasteiger partial charge in [-0.1, -0.05) is 0 Å². The van der Waals surface area contributed by atoms with Gasteiger partial charge in [-0.15, -0.1) is 0 Å². The smallest absolute Gasteiger partial charge is 0.410 e. The lowest BCUT2D eigenvalue weighted by Gasteiger charge is -2.24. The van der Waals surface area contributed by atoms with Gasteiger partial charge in [-0.05, 0) is 41.5 Å². The van der Waals surface area contributed by atoms with Crippen LogP contribution in [0.2, 0.25) is 0 Å². The molecule has 1 heterocycles. The first-order chi connectivity index (χ1) is 9.84. The van der Waals surface area contributed by atoms with Crippen LogP contribution in [0.3, 0.4) is 0 Å². The highest BCUT2D eigenvalue weighted by molar-refractivity contribution is 5.67. The molecule has 0 bridgehead atoms. The van der Waals surface area contributed by atoms with E-state index in [1.807, 2.05) is 41.5 Å². The van der Waals surface area contributed by atoms with Gasteiger partial charge in [0.1, 0.15) is 11.2 Å². The molecule has 1 saturated heterocycles. The number of nitrogens with one attached hydrogen (secondary N) is 1. The average molecular weight is 318 g/mol. The van der Waals surface area contributed by atoms with Crippen LogP contribution in [0.5, 0.6) is 0 Å². The van der Waals surface area contributed by atoms with Crippen molar-refractivity contribution < 1.29 is 23.8 Å². The second-order valence-electron chi connectivity index (χ2n) is 7.07. The highest BCUT2D eigenvalue weighted by Gasteiger charge is 2.28. The molecule has 1 rings (SSSR count). The van der Waals surface area contributed by atoms with Gasteiger partial charge in [-0.2, -0.15) is 0 Å². The Bertz CT molecular complexity index is 367. The first-order valence-electron chi connectivity index (χ1n) is 7.30. The molecular weight excluding hydrogens is 288 g/mol. The fraction of sp³-hybridized carbons (Fsp3) is 0.867. The van der Waals surface area contributed by atoms with Crippen LogP contribution in [0.25, 0.3) is 0 Å². The van der Waals surface area contributed by atoms with Crippen molar-refractivity contribution in [2.75, 3.05) is 27.2 Å². The summed E-state index contributed by atoms with van der Waals surface area (Å²) >= 11 is 0. The highest BCUT2D eigenvalue weighted by Crippen LogP contribution is 2.13. The zero-order chi connectivity index (χ0) is 17.6. The van der Waals surface area contributed by atoms with Crippen LogP contribution in [0.15, 0.2) is 0 Å². The van der Waals surface area contributed by atoms with Gasteiger partial charge >= 0.3 is 12.2 Å². The number of amides is 2. The number of epoxide rings is 1. The molecule has 22 heavy (non-hydrogen) atoms. The molecule has 1 aliphatic heterocycles. The van der Waals surface area contributed by atoms with E-state index in [-0.39, 0.29) is 23.9 Å². The number of alkyl carbamates (subject to hydrolysis) is 1. The van der Waals surface area contributed by atoms with Crippen molar-refractivity contribution >= 4 is 12.2 Å². The number of rotatable bonds is 2. The second-order valence-corrected chi connectivity index (χ2v) is 7.07. The predicted octanol–water partition coefficient (Wildman–Crippen LogP) is 2.39. The number of nitrogens with zero attached hydrogens (tertiary/aromatic N) is 1. The summed E-state index contributed by atoms with van der Waals surface area (Å²) in [5.41, 5.74) is -0.810. The molecule has 7 heteroatoms. The summed E-state index contributed by atoms with van der Waals surface area (Å²) in [5.74, 6) is 0. The molecule has 7 nitrogen and oxygen atoms in total. The van der Waals surface area contributed by atoms with Crippen LogP contribution in [0, 0.1) is 0 Å². The topological polar surface area (TPSA) is 80.4 Å². The summed E-state index contributed by atoms with van der Waals surface area (Å²) in [4.78, 5) is 23.4. The standard InChI is InChI=1S/C9H17NO3.C6H13NO2/c1-9(2,3)13-8(11)10(4)5-7-6-12-7;1-6(2,3)9-5(8)7-4/h7H,5-6H2,1-4H3;1-4H3,(H,7,8)/t7-;/m0./s1. The molecule has 0 aliphatic carbocycles. The maximum atomic E-state index is 11.4. The Hall–Kier alpha value is -1.50. The van der Waals surface area contributed by atoms with E-state index < -0.39 is 5.60 Å². The number of carbonyl (C=O) groups excluding carboxylic acids is 2. The second kappa shape index (κ2) is 8.22. The molecule has 1 atom stereocenters.